The number of hydrogen-bond donors (Lipinski definition) is 2. The third-order valence-corrected chi connectivity index (χ3v) is 3.70. The van der Waals surface area contributed by atoms with Gasteiger partial charge in [0.1, 0.15) is 17.4 Å². The summed E-state index contributed by atoms with van der Waals surface area (Å²) in [6.45, 7) is 1.83. The molecule has 0 fully saturated rings. The van der Waals surface area contributed by atoms with Crippen LogP contribution in [0.1, 0.15) is 18.5 Å². The van der Waals surface area contributed by atoms with E-state index in [4.69, 9.17) is 4.74 Å². The number of hydrogen-bond acceptors (Lipinski definition) is 6. The Morgan fingerprint density at radius 1 is 1.32 bits per heavy atom. The summed E-state index contributed by atoms with van der Waals surface area (Å²) in [5.41, 5.74) is 0.822. The van der Waals surface area contributed by atoms with Crippen molar-refractivity contribution in [1.29, 1.82) is 5.26 Å². The van der Waals surface area contributed by atoms with Crippen molar-refractivity contribution in [2.24, 2.45) is 0 Å². The van der Waals surface area contributed by atoms with E-state index in [9.17, 15) is 10.1 Å². The summed E-state index contributed by atoms with van der Waals surface area (Å²) in [5.74, 6) is 0.529. The Labute approximate surface area is 153 Å². The minimum absolute atomic E-state index is 0.0770. The fourth-order valence-corrected chi connectivity index (χ4v) is 2.13. The van der Waals surface area contributed by atoms with Crippen LogP contribution in [-0.2, 0) is 4.79 Å². The van der Waals surface area contributed by atoms with E-state index in [1.165, 1.54) is 6.20 Å². The third-order valence-electron chi connectivity index (χ3n) is 3.29. The first-order valence-electron chi connectivity index (χ1n) is 7.32. The maximum absolute atomic E-state index is 12.2. The molecule has 2 aromatic rings. The molecule has 1 atom stereocenters. The maximum Gasteiger partial charge on any atom is 0.263 e. The van der Waals surface area contributed by atoms with Crippen molar-refractivity contribution in [2.45, 2.75) is 13.0 Å². The molecule has 2 N–H and O–H groups in total. The van der Waals surface area contributed by atoms with Gasteiger partial charge in [-0.05, 0) is 40.5 Å². The highest BCUT2D eigenvalue weighted by Crippen LogP contribution is 2.17. The number of nitriles is 1. The summed E-state index contributed by atoms with van der Waals surface area (Å²) in [6.07, 6.45) is 4.39. The number of carbonyl (C=O) groups is 1. The van der Waals surface area contributed by atoms with Crippen molar-refractivity contribution in [2.75, 3.05) is 12.4 Å². The summed E-state index contributed by atoms with van der Waals surface area (Å²) >= 11 is 3.23. The van der Waals surface area contributed by atoms with Crippen molar-refractivity contribution in [3.8, 4) is 11.8 Å². The van der Waals surface area contributed by atoms with Gasteiger partial charge in [-0.2, -0.15) is 5.26 Å². The van der Waals surface area contributed by atoms with E-state index in [0.29, 0.717) is 0 Å². The molecule has 1 unspecified atom stereocenters. The summed E-state index contributed by atoms with van der Waals surface area (Å²) in [6, 6.07) is 8.93. The molecule has 2 rings (SSSR count). The Balaban J connectivity index is 2.01. The molecular weight excluding hydrogens is 386 g/mol. The first-order chi connectivity index (χ1) is 12.0. The van der Waals surface area contributed by atoms with E-state index >= 15 is 0 Å². The van der Waals surface area contributed by atoms with Crippen LogP contribution in [-0.4, -0.2) is 23.0 Å². The van der Waals surface area contributed by atoms with Crippen molar-refractivity contribution in [1.82, 2.24) is 15.3 Å². The van der Waals surface area contributed by atoms with Crippen molar-refractivity contribution in [3.63, 3.8) is 0 Å². The van der Waals surface area contributed by atoms with Crippen molar-refractivity contribution >= 4 is 27.8 Å². The van der Waals surface area contributed by atoms with Gasteiger partial charge in [-0.3, -0.25) is 4.79 Å². The standard InChI is InChI=1S/C17H16BrN5O2/c1-11(12-3-5-15(25-2)6-4-12)23-16(24)13(7-19)8-20-17-21-9-14(18)10-22-17/h3-6,8-11H,1-2H3,(H,23,24)(H,20,21,22)/b13-8-. The monoisotopic (exact) mass is 401 g/mol. The van der Waals surface area contributed by atoms with Gasteiger partial charge in [0.2, 0.25) is 5.95 Å². The highest BCUT2D eigenvalue weighted by Gasteiger charge is 2.14. The number of anilines is 1. The van der Waals surface area contributed by atoms with Gasteiger partial charge in [0.25, 0.3) is 5.91 Å². The molecule has 8 heteroatoms. The smallest absolute Gasteiger partial charge is 0.263 e. The number of amides is 1. The molecule has 1 aromatic carbocycles. The highest BCUT2D eigenvalue weighted by atomic mass is 79.9. The van der Waals surface area contributed by atoms with Crippen LogP contribution < -0.4 is 15.4 Å². The lowest BCUT2D eigenvalue weighted by atomic mass is 10.1. The molecule has 25 heavy (non-hydrogen) atoms. The second kappa shape index (κ2) is 8.80. The lowest BCUT2D eigenvalue weighted by Gasteiger charge is -2.14. The van der Waals surface area contributed by atoms with Crippen LogP contribution >= 0.6 is 15.9 Å². The molecule has 128 valence electrons. The van der Waals surface area contributed by atoms with Gasteiger partial charge in [0.15, 0.2) is 0 Å². The topological polar surface area (TPSA) is 99.9 Å². The van der Waals surface area contributed by atoms with Crippen LogP contribution in [0.4, 0.5) is 5.95 Å². The molecular formula is C17H16BrN5O2. The van der Waals surface area contributed by atoms with E-state index < -0.39 is 5.91 Å². The normalized spacial score (nSPS) is 12.0. The van der Waals surface area contributed by atoms with Gasteiger partial charge in [-0.1, -0.05) is 12.1 Å². The second-order valence-electron chi connectivity index (χ2n) is 5.01. The number of benzene rings is 1. The Morgan fingerprint density at radius 2 is 1.96 bits per heavy atom. The molecule has 0 saturated heterocycles. The predicted octanol–water partition coefficient (Wildman–Crippen LogP) is 2.94. The summed E-state index contributed by atoms with van der Waals surface area (Å²) in [5, 5.41) is 14.7. The van der Waals surface area contributed by atoms with E-state index in [1.54, 1.807) is 19.5 Å². The summed E-state index contributed by atoms with van der Waals surface area (Å²) < 4.78 is 5.83. The SMILES string of the molecule is COc1ccc(C(C)NC(=O)/C(C#N)=C\Nc2ncc(Br)cn2)cc1. The molecule has 1 aromatic heterocycles. The molecule has 0 radical (unpaired) electrons. The molecule has 1 heterocycles. The van der Waals surface area contributed by atoms with Crippen LogP contribution in [0.25, 0.3) is 0 Å². The zero-order chi connectivity index (χ0) is 18.2. The maximum atomic E-state index is 12.2. The van der Waals surface area contributed by atoms with Crippen molar-refractivity contribution < 1.29 is 9.53 Å². The first-order valence-corrected chi connectivity index (χ1v) is 8.12. The molecule has 0 aliphatic carbocycles. The van der Waals surface area contributed by atoms with E-state index in [-0.39, 0.29) is 17.6 Å². The average molecular weight is 402 g/mol. The Bertz CT molecular complexity index is 797. The number of halogens is 1. The molecule has 0 aliphatic heterocycles. The van der Waals surface area contributed by atoms with Gasteiger partial charge in [-0.25, -0.2) is 9.97 Å². The second-order valence-corrected chi connectivity index (χ2v) is 5.92. The molecule has 7 nitrogen and oxygen atoms in total. The lowest BCUT2D eigenvalue weighted by Crippen LogP contribution is -2.28. The van der Waals surface area contributed by atoms with Gasteiger partial charge < -0.3 is 15.4 Å². The molecule has 0 aliphatic rings. The minimum Gasteiger partial charge on any atom is -0.497 e. The predicted molar refractivity (Wildman–Crippen MR) is 96.6 cm³/mol. The Morgan fingerprint density at radius 3 is 2.52 bits per heavy atom. The minimum atomic E-state index is -0.490. The molecule has 1 amide bonds. The lowest BCUT2D eigenvalue weighted by molar-refractivity contribution is -0.117. The third kappa shape index (κ3) is 5.29. The molecule has 0 spiro atoms. The van der Waals surface area contributed by atoms with Crippen LogP contribution in [0.5, 0.6) is 5.75 Å². The van der Waals surface area contributed by atoms with Crippen molar-refractivity contribution in [3.05, 3.63) is 58.5 Å². The van der Waals surface area contributed by atoms with Gasteiger partial charge in [-0.15, -0.1) is 0 Å². The Kier molecular flexibility index (Phi) is 6.48. The average Bonchev–Trinajstić information content (AvgIpc) is 2.63. The van der Waals surface area contributed by atoms with E-state index in [1.807, 2.05) is 37.3 Å². The fourth-order valence-electron chi connectivity index (χ4n) is 1.92. The first kappa shape index (κ1) is 18.4. The number of nitrogens with zero attached hydrogens (tertiary/aromatic N) is 3. The number of rotatable bonds is 6. The van der Waals surface area contributed by atoms with E-state index in [0.717, 1.165) is 15.8 Å². The van der Waals surface area contributed by atoms with Crippen LogP contribution in [0.2, 0.25) is 0 Å². The molecule has 0 saturated carbocycles. The number of ether oxygens (including phenoxy) is 1. The van der Waals surface area contributed by atoms with Crippen LogP contribution in [0.3, 0.4) is 0 Å². The van der Waals surface area contributed by atoms with E-state index in [2.05, 4.69) is 36.5 Å². The van der Waals surface area contributed by atoms with Gasteiger partial charge in [0, 0.05) is 18.6 Å². The zero-order valence-corrected chi connectivity index (χ0v) is 15.2. The summed E-state index contributed by atoms with van der Waals surface area (Å²) in [4.78, 5) is 20.2. The highest BCUT2D eigenvalue weighted by molar-refractivity contribution is 9.10. The summed E-state index contributed by atoms with van der Waals surface area (Å²) in [7, 11) is 1.59. The number of aromatic nitrogens is 2. The largest absolute Gasteiger partial charge is 0.497 e. The van der Waals surface area contributed by atoms with Crippen LogP contribution in [0.15, 0.2) is 52.9 Å². The van der Waals surface area contributed by atoms with Gasteiger partial charge >= 0.3 is 0 Å². The van der Waals surface area contributed by atoms with Gasteiger partial charge in [0.05, 0.1) is 17.6 Å². The fraction of sp³-hybridized carbons (Fsp3) is 0.176. The van der Waals surface area contributed by atoms with Crippen LogP contribution in [0, 0.1) is 11.3 Å². The molecule has 0 bridgehead atoms. The number of nitrogens with one attached hydrogen (secondary N) is 2. The Hall–Kier alpha value is -2.92. The quantitative estimate of drug-likeness (QED) is 0.569. The number of methoxy groups -OCH3 is 1. The zero-order valence-electron chi connectivity index (χ0n) is 13.7. The number of carbonyl (C=O) groups excluding carboxylic acids is 1.